The van der Waals surface area contributed by atoms with Gasteiger partial charge < -0.3 is 28.6 Å². The zero-order valence-corrected chi connectivity index (χ0v) is 44.9. The zero-order chi connectivity index (χ0) is 51.3. The number of carbonyl (C=O) groups is 3. The molecule has 8 nitrogen and oxygen atoms in total. The summed E-state index contributed by atoms with van der Waals surface area (Å²) in [6.45, 7) is 4.38. The molecule has 0 saturated carbocycles. The van der Waals surface area contributed by atoms with E-state index < -0.39 is 18.1 Å². The Hall–Kier alpha value is -4.53. The Labute approximate surface area is 428 Å². The number of allylic oxidation sites excluding steroid dienone is 22. The van der Waals surface area contributed by atoms with E-state index in [1.807, 2.05) is 0 Å². The van der Waals surface area contributed by atoms with Crippen molar-refractivity contribution >= 4 is 17.9 Å². The smallest absolute Gasteiger partial charge is 0.306 e. The van der Waals surface area contributed by atoms with E-state index in [1.54, 1.807) is 21.1 Å². The highest BCUT2D eigenvalue weighted by molar-refractivity contribution is 5.70. The maximum Gasteiger partial charge on any atom is 0.306 e. The lowest BCUT2D eigenvalue weighted by molar-refractivity contribution is -0.889. The summed E-state index contributed by atoms with van der Waals surface area (Å²) in [5.41, 5.74) is 0. The Bertz CT molecular complexity index is 1600. The van der Waals surface area contributed by atoms with Gasteiger partial charge in [0.2, 0.25) is 0 Å². The van der Waals surface area contributed by atoms with Gasteiger partial charge in [-0.25, -0.2) is 0 Å². The van der Waals surface area contributed by atoms with E-state index >= 15 is 0 Å². The van der Waals surface area contributed by atoms with Gasteiger partial charge in [0, 0.05) is 19.3 Å². The van der Waals surface area contributed by atoms with Crippen molar-refractivity contribution in [2.45, 2.75) is 199 Å². The van der Waals surface area contributed by atoms with Crippen LogP contribution in [0.4, 0.5) is 0 Å². The van der Waals surface area contributed by atoms with Crippen LogP contribution >= 0.6 is 0 Å². The van der Waals surface area contributed by atoms with Gasteiger partial charge in [0.1, 0.15) is 12.6 Å². The quantitative estimate of drug-likeness (QED) is 0.0259. The lowest BCUT2D eigenvalue weighted by Gasteiger charge is -2.34. The summed E-state index contributed by atoms with van der Waals surface area (Å²) >= 11 is 0. The van der Waals surface area contributed by atoms with Gasteiger partial charge in [0.15, 0.2) is 6.10 Å². The highest BCUT2D eigenvalue weighted by Crippen LogP contribution is 2.13. The highest BCUT2D eigenvalue weighted by Gasteiger charge is 2.25. The number of aliphatic carboxylic acids is 1. The van der Waals surface area contributed by atoms with Crippen LogP contribution in [-0.4, -0.2) is 75.5 Å². The number of carbonyl (C=O) groups excluding carboxylic acids is 3. The molecule has 0 saturated heterocycles. The van der Waals surface area contributed by atoms with E-state index in [9.17, 15) is 19.5 Å². The monoisotopic (exact) mass is 970 g/mol. The van der Waals surface area contributed by atoms with E-state index in [-0.39, 0.29) is 42.7 Å². The lowest BCUT2D eigenvalue weighted by Crippen LogP contribution is -2.55. The number of hydrogen-bond acceptors (Lipinski definition) is 7. The van der Waals surface area contributed by atoms with Crippen LogP contribution in [0.1, 0.15) is 187 Å². The molecule has 0 rings (SSSR count). The fraction of sp³-hybridized carbons (Fsp3) is 0.597. The molecule has 0 bridgehead atoms. The Morgan fingerprint density at radius 1 is 0.429 bits per heavy atom. The zero-order valence-electron chi connectivity index (χ0n) is 44.9. The number of quaternary nitrogens is 1. The first-order valence-electron chi connectivity index (χ1n) is 27.2. The second kappa shape index (κ2) is 50.8. The first-order valence-corrected chi connectivity index (χ1v) is 27.2. The number of ether oxygens (including phenoxy) is 3. The molecule has 2 unspecified atom stereocenters. The number of carboxylic acid groups (broad SMARTS) is 1. The molecule has 0 aliphatic carbocycles. The number of unbranched alkanes of at least 4 members (excludes halogenated alkanes) is 11. The second-order valence-electron chi connectivity index (χ2n) is 18.7. The number of likely N-dealkylation sites (N-methyl/N-ethyl adjacent to an activating group) is 1. The first kappa shape index (κ1) is 65.5. The summed E-state index contributed by atoms with van der Waals surface area (Å²) in [6.07, 6.45) is 73.4. The standard InChI is InChI=1S/C62H99NO7/c1-6-8-10-12-14-16-18-20-22-24-26-28-30-32-34-36-38-40-42-44-46-48-50-52-60(64)69-57-58(56-68-55-54-59(62(66)67)63(3,4)5)70-61(65)53-51-49-47-45-43-41-39-37-35-33-31-29-27-25-23-21-19-17-15-13-11-9-7-2/h8-11,14-17,20-23,26-29,32-35,38,40,58-59H,6-7,12-13,18-19,24-25,30-31,36-37,39,41-57H2,1-5H3/b10-8+,11-9+,16-14+,17-15+,22-20+,23-21+,28-26+,29-27+,34-32+,35-33+,40-38+. The van der Waals surface area contributed by atoms with Crippen LogP contribution in [0.2, 0.25) is 0 Å². The van der Waals surface area contributed by atoms with Gasteiger partial charge in [-0.2, -0.15) is 0 Å². The first-order chi connectivity index (χ1) is 34.1. The summed E-state index contributed by atoms with van der Waals surface area (Å²) in [4.78, 5) is 37.1. The van der Waals surface area contributed by atoms with Crippen molar-refractivity contribution in [3.63, 3.8) is 0 Å². The summed E-state index contributed by atoms with van der Waals surface area (Å²) in [5, 5.41) is 11.7. The molecule has 70 heavy (non-hydrogen) atoms. The van der Waals surface area contributed by atoms with Gasteiger partial charge in [0.25, 0.3) is 0 Å². The summed E-state index contributed by atoms with van der Waals surface area (Å²) in [5.74, 6) is -1.80. The Balaban J connectivity index is 4.33. The van der Waals surface area contributed by atoms with Crippen molar-refractivity contribution in [3.05, 3.63) is 134 Å². The molecule has 0 aromatic heterocycles. The summed E-state index contributed by atoms with van der Waals surface area (Å²) in [6, 6.07) is -0.742. The maximum absolute atomic E-state index is 12.8. The van der Waals surface area contributed by atoms with E-state index in [2.05, 4.69) is 148 Å². The normalized spacial score (nSPS) is 13.9. The maximum atomic E-state index is 12.8. The molecule has 0 amide bonds. The van der Waals surface area contributed by atoms with Crippen LogP contribution < -0.4 is 5.11 Å². The van der Waals surface area contributed by atoms with Crippen molar-refractivity contribution in [1.82, 2.24) is 0 Å². The molecule has 394 valence electrons. The molecule has 0 aliphatic heterocycles. The van der Waals surface area contributed by atoms with Crippen LogP contribution in [0.3, 0.4) is 0 Å². The third-order valence-electron chi connectivity index (χ3n) is 11.3. The molecule has 0 heterocycles. The Kier molecular flexibility index (Phi) is 47.6. The number of nitrogens with zero attached hydrogens (tertiary/aromatic N) is 1. The van der Waals surface area contributed by atoms with Crippen LogP contribution in [0.25, 0.3) is 0 Å². The number of esters is 2. The minimum absolute atomic E-state index is 0.0180. The van der Waals surface area contributed by atoms with Crippen molar-refractivity contribution in [1.29, 1.82) is 0 Å². The number of hydrogen-bond donors (Lipinski definition) is 0. The van der Waals surface area contributed by atoms with E-state index in [0.717, 1.165) is 135 Å². The largest absolute Gasteiger partial charge is 0.544 e. The van der Waals surface area contributed by atoms with Crippen LogP contribution in [0, 0.1) is 0 Å². The van der Waals surface area contributed by atoms with E-state index in [1.165, 1.54) is 19.3 Å². The number of carboxylic acids is 1. The van der Waals surface area contributed by atoms with Crippen LogP contribution in [0.15, 0.2) is 134 Å². The van der Waals surface area contributed by atoms with Gasteiger partial charge >= 0.3 is 11.9 Å². The molecule has 8 heteroatoms. The Morgan fingerprint density at radius 3 is 1.11 bits per heavy atom. The lowest BCUT2D eigenvalue weighted by atomic mass is 10.1. The minimum Gasteiger partial charge on any atom is -0.544 e. The molecule has 0 radical (unpaired) electrons. The van der Waals surface area contributed by atoms with Crippen LogP contribution in [-0.2, 0) is 28.6 Å². The molecule has 0 aromatic rings. The van der Waals surface area contributed by atoms with Crippen molar-refractivity contribution in [3.8, 4) is 0 Å². The Morgan fingerprint density at radius 2 is 0.757 bits per heavy atom. The third kappa shape index (κ3) is 48.5. The second-order valence-corrected chi connectivity index (χ2v) is 18.7. The average molecular weight is 970 g/mol. The third-order valence-corrected chi connectivity index (χ3v) is 11.3. The van der Waals surface area contributed by atoms with Gasteiger partial charge in [-0.15, -0.1) is 0 Å². The van der Waals surface area contributed by atoms with Crippen molar-refractivity contribution in [2.75, 3.05) is 41.0 Å². The minimum atomic E-state index is -1.14. The summed E-state index contributed by atoms with van der Waals surface area (Å²) in [7, 11) is 5.39. The number of rotatable bonds is 47. The summed E-state index contributed by atoms with van der Waals surface area (Å²) < 4.78 is 17.2. The molecular weight excluding hydrogens is 871 g/mol. The van der Waals surface area contributed by atoms with Crippen LogP contribution in [0.5, 0.6) is 0 Å². The molecule has 0 aromatic carbocycles. The highest BCUT2D eigenvalue weighted by atomic mass is 16.6. The average Bonchev–Trinajstić information content (AvgIpc) is 3.33. The van der Waals surface area contributed by atoms with Gasteiger partial charge in [-0.05, 0) is 109 Å². The van der Waals surface area contributed by atoms with Crippen molar-refractivity contribution < 1.29 is 38.2 Å². The predicted molar refractivity (Wildman–Crippen MR) is 295 cm³/mol. The molecule has 2 atom stereocenters. The van der Waals surface area contributed by atoms with E-state index in [0.29, 0.717) is 12.8 Å². The van der Waals surface area contributed by atoms with Gasteiger partial charge in [-0.3, -0.25) is 9.59 Å². The molecular formula is C62H99NO7. The SMILES string of the molecule is CC/C=C/C/C=C/C/C=C/C/C=C/C/C=C/C/C=C/CCCCCCC(=O)OCC(COCCC(C(=O)[O-])[N+](C)(C)C)OC(=O)CCCCCCCCC/C=C/C/C=C/C/C=C/C/C=C/C/C=C/CC. The van der Waals surface area contributed by atoms with Gasteiger partial charge in [-0.1, -0.05) is 192 Å². The topological polar surface area (TPSA) is 102 Å². The van der Waals surface area contributed by atoms with Gasteiger partial charge in [0.05, 0.1) is 40.3 Å². The molecule has 0 aliphatic rings. The molecule has 0 spiro atoms. The fourth-order valence-corrected chi connectivity index (χ4v) is 7.16. The predicted octanol–water partition coefficient (Wildman–Crippen LogP) is 15.0. The molecule has 0 N–H and O–H groups in total. The van der Waals surface area contributed by atoms with E-state index in [4.69, 9.17) is 14.2 Å². The molecule has 0 fully saturated rings. The fourth-order valence-electron chi connectivity index (χ4n) is 7.16. The van der Waals surface area contributed by atoms with Crippen molar-refractivity contribution in [2.24, 2.45) is 0 Å².